The van der Waals surface area contributed by atoms with Gasteiger partial charge in [0.25, 0.3) is 0 Å². The highest BCUT2D eigenvalue weighted by atomic mass is 14.4. The molecule has 4 unspecified atom stereocenters. The highest BCUT2D eigenvalue weighted by Crippen LogP contribution is 2.48. The average molecular weight is 212 g/mol. The molecule has 0 spiro atoms. The summed E-state index contributed by atoms with van der Waals surface area (Å²) in [7, 11) is 0. The molecule has 2 fully saturated rings. The second-order valence-electron chi connectivity index (χ2n) is 4.78. The SMILES string of the molecule is CC.CC.CC1CC2CCCCC2C1C. The number of rotatable bonds is 0. The van der Waals surface area contributed by atoms with E-state index >= 15 is 0 Å². The topological polar surface area (TPSA) is 0 Å². The lowest BCUT2D eigenvalue weighted by atomic mass is 9.78. The first-order valence-corrected chi connectivity index (χ1v) is 7.29. The standard InChI is InChI=1S/C11H20.2C2H6/c1-8-7-10-5-3-4-6-11(10)9(8)2;2*1-2/h8-11H,3-7H2,1-2H3;2*1-2H3. The largest absolute Gasteiger partial charge is 0.0683 e. The summed E-state index contributed by atoms with van der Waals surface area (Å²) in [5, 5.41) is 0. The molecule has 15 heavy (non-hydrogen) atoms. The Hall–Kier alpha value is 0. The molecule has 92 valence electrons. The molecule has 0 saturated heterocycles. The summed E-state index contributed by atoms with van der Waals surface area (Å²) in [6.07, 6.45) is 7.64. The maximum atomic E-state index is 2.47. The number of hydrogen-bond acceptors (Lipinski definition) is 0. The van der Waals surface area contributed by atoms with Gasteiger partial charge in [0, 0.05) is 0 Å². The van der Waals surface area contributed by atoms with Gasteiger partial charge in [0.2, 0.25) is 0 Å². The fraction of sp³-hybridized carbons (Fsp3) is 1.00. The van der Waals surface area contributed by atoms with Crippen molar-refractivity contribution in [1.82, 2.24) is 0 Å². The Bertz CT molecular complexity index is 139. The summed E-state index contributed by atoms with van der Waals surface area (Å²) in [6, 6.07) is 0. The molecule has 4 atom stereocenters. The summed E-state index contributed by atoms with van der Waals surface area (Å²) in [6.45, 7) is 12.9. The monoisotopic (exact) mass is 212 g/mol. The van der Waals surface area contributed by atoms with E-state index in [0.29, 0.717) is 0 Å². The third-order valence-electron chi connectivity index (χ3n) is 4.22. The molecule has 0 amide bonds. The lowest BCUT2D eigenvalue weighted by Gasteiger charge is -2.27. The van der Waals surface area contributed by atoms with Gasteiger partial charge < -0.3 is 0 Å². The van der Waals surface area contributed by atoms with E-state index in [1.54, 1.807) is 6.42 Å². The van der Waals surface area contributed by atoms with E-state index in [-0.39, 0.29) is 0 Å². The fourth-order valence-corrected chi connectivity index (χ4v) is 3.34. The van der Waals surface area contributed by atoms with Crippen molar-refractivity contribution < 1.29 is 0 Å². The van der Waals surface area contributed by atoms with Crippen molar-refractivity contribution in [2.45, 2.75) is 73.6 Å². The highest BCUT2D eigenvalue weighted by molar-refractivity contribution is 4.88. The molecule has 0 aliphatic heterocycles. The van der Waals surface area contributed by atoms with E-state index in [0.717, 1.165) is 23.7 Å². The van der Waals surface area contributed by atoms with E-state index in [4.69, 9.17) is 0 Å². The lowest BCUT2D eigenvalue weighted by Crippen LogP contribution is -2.17. The zero-order chi connectivity index (χ0) is 11.8. The van der Waals surface area contributed by atoms with Crippen LogP contribution < -0.4 is 0 Å². The Morgan fingerprint density at radius 3 is 1.87 bits per heavy atom. The summed E-state index contributed by atoms with van der Waals surface area (Å²) in [5.41, 5.74) is 0. The highest BCUT2D eigenvalue weighted by Gasteiger charge is 2.38. The van der Waals surface area contributed by atoms with Gasteiger partial charge in [-0.2, -0.15) is 0 Å². The van der Waals surface area contributed by atoms with Crippen molar-refractivity contribution in [3.63, 3.8) is 0 Å². The third-order valence-corrected chi connectivity index (χ3v) is 4.22. The van der Waals surface area contributed by atoms with Gasteiger partial charge in [0.05, 0.1) is 0 Å². The van der Waals surface area contributed by atoms with Crippen LogP contribution >= 0.6 is 0 Å². The molecule has 0 heterocycles. The Labute approximate surface area is 97.8 Å². The molecule has 0 radical (unpaired) electrons. The molecule has 0 N–H and O–H groups in total. The molecule has 2 aliphatic rings. The van der Waals surface area contributed by atoms with Gasteiger partial charge in [-0.3, -0.25) is 0 Å². The van der Waals surface area contributed by atoms with E-state index < -0.39 is 0 Å². The van der Waals surface area contributed by atoms with Crippen molar-refractivity contribution in [2.24, 2.45) is 23.7 Å². The summed E-state index contributed by atoms with van der Waals surface area (Å²) in [4.78, 5) is 0. The second-order valence-corrected chi connectivity index (χ2v) is 4.78. The minimum atomic E-state index is 1.02. The summed E-state index contributed by atoms with van der Waals surface area (Å²) in [5.74, 6) is 4.27. The van der Waals surface area contributed by atoms with E-state index in [1.165, 1.54) is 25.7 Å². The van der Waals surface area contributed by atoms with Gasteiger partial charge in [0.15, 0.2) is 0 Å². The quantitative estimate of drug-likeness (QED) is 0.496. The van der Waals surface area contributed by atoms with Crippen molar-refractivity contribution in [3.05, 3.63) is 0 Å². The molecule has 2 saturated carbocycles. The number of hydrogen-bond donors (Lipinski definition) is 0. The molecule has 0 bridgehead atoms. The third kappa shape index (κ3) is 3.81. The molecule has 0 heteroatoms. The fourth-order valence-electron chi connectivity index (χ4n) is 3.34. The smallest absolute Gasteiger partial charge is 0.0357 e. The van der Waals surface area contributed by atoms with Crippen molar-refractivity contribution in [2.75, 3.05) is 0 Å². The number of fused-ring (bicyclic) bond motifs is 1. The minimum Gasteiger partial charge on any atom is -0.0683 e. The van der Waals surface area contributed by atoms with Crippen LogP contribution in [-0.2, 0) is 0 Å². The Morgan fingerprint density at radius 1 is 0.800 bits per heavy atom. The normalized spacial score (nSPS) is 38.0. The lowest BCUT2D eigenvalue weighted by molar-refractivity contribution is 0.232. The van der Waals surface area contributed by atoms with Crippen LogP contribution in [0.15, 0.2) is 0 Å². The minimum absolute atomic E-state index is 1.02. The van der Waals surface area contributed by atoms with Crippen LogP contribution in [0.2, 0.25) is 0 Å². The van der Waals surface area contributed by atoms with Crippen LogP contribution in [-0.4, -0.2) is 0 Å². The molecule has 0 aromatic heterocycles. The summed E-state index contributed by atoms with van der Waals surface area (Å²) >= 11 is 0. The van der Waals surface area contributed by atoms with Crippen LogP contribution in [0.5, 0.6) is 0 Å². The van der Waals surface area contributed by atoms with Gasteiger partial charge in [-0.1, -0.05) is 60.8 Å². The molecular weight excluding hydrogens is 180 g/mol. The first-order valence-electron chi connectivity index (χ1n) is 7.29. The van der Waals surface area contributed by atoms with Gasteiger partial charge in [-0.05, 0) is 36.5 Å². The molecule has 0 aromatic rings. The van der Waals surface area contributed by atoms with Crippen LogP contribution in [0.25, 0.3) is 0 Å². The predicted molar refractivity (Wildman–Crippen MR) is 71.1 cm³/mol. The van der Waals surface area contributed by atoms with Crippen molar-refractivity contribution >= 4 is 0 Å². The average Bonchev–Trinajstić information content (AvgIpc) is 2.61. The van der Waals surface area contributed by atoms with Crippen LogP contribution in [0.4, 0.5) is 0 Å². The summed E-state index contributed by atoms with van der Waals surface area (Å²) < 4.78 is 0. The zero-order valence-corrected chi connectivity index (χ0v) is 11.8. The van der Waals surface area contributed by atoms with Crippen LogP contribution in [0, 0.1) is 23.7 Å². The Morgan fingerprint density at radius 2 is 1.33 bits per heavy atom. The van der Waals surface area contributed by atoms with Crippen LogP contribution in [0.3, 0.4) is 0 Å². The van der Waals surface area contributed by atoms with Crippen molar-refractivity contribution in [3.8, 4) is 0 Å². The second kappa shape index (κ2) is 8.19. The van der Waals surface area contributed by atoms with E-state index in [1.807, 2.05) is 27.7 Å². The van der Waals surface area contributed by atoms with Gasteiger partial charge >= 0.3 is 0 Å². The van der Waals surface area contributed by atoms with Gasteiger partial charge in [-0.25, -0.2) is 0 Å². The van der Waals surface area contributed by atoms with Gasteiger partial charge in [-0.15, -0.1) is 0 Å². The molecule has 2 aliphatic carbocycles. The van der Waals surface area contributed by atoms with Gasteiger partial charge in [0.1, 0.15) is 0 Å². The predicted octanol–water partition coefficient (Wildman–Crippen LogP) is 5.52. The molecular formula is C15H32. The zero-order valence-electron chi connectivity index (χ0n) is 11.8. The first kappa shape index (κ1) is 15.0. The molecule has 0 aromatic carbocycles. The van der Waals surface area contributed by atoms with Crippen LogP contribution in [0.1, 0.15) is 73.6 Å². The first-order chi connectivity index (χ1) is 7.29. The Balaban J connectivity index is 0.000000442. The maximum Gasteiger partial charge on any atom is -0.0357 e. The van der Waals surface area contributed by atoms with Crippen molar-refractivity contribution in [1.29, 1.82) is 0 Å². The molecule has 2 rings (SSSR count). The Kier molecular flexibility index (Phi) is 8.19. The van der Waals surface area contributed by atoms with E-state index in [2.05, 4.69) is 13.8 Å². The van der Waals surface area contributed by atoms with E-state index in [9.17, 15) is 0 Å². The maximum absolute atomic E-state index is 2.47. The molecule has 0 nitrogen and oxygen atoms in total.